The fourth-order valence-electron chi connectivity index (χ4n) is 3.90. The normalized spacial score (nSPS) is 15.4. The van der Waals surface area contributed by atoms with Crippen molar-refractivity contribution in [2.75, 3.05) is 18.4 Å². The number of aliphatic imine (C=N–C) groups is 1. The lowest BCUT2D eigenvalue weighted by molar-refractivity contribution is 0.102. The summed E-state index contributed by atoms with van der Waals surface area (Å²) in [4.78, 5) is 24.2. The van der Waals surface area contributed by atoms with E-state index in [9.17, 15) is 4.79 Å². The van der Waals surface area contributed by atoms with Crippen LogP contribution in [0.3, 0.4) is 0 Å². The Balaban J connectivity index is 1.29. The first-order valence-corrected chi connectivity index (χ1v) is 11.9. The number of hydrogen-bond acceptors (Lipinski definition) is 6. The molecule has 2 fully saturated rings. The van der Waals surface area contributed by atoms with Gasteiger partial charge in [0.15, 0.2) is 0 Å². The van der Waals surface area contributed by atoms with Crippen LogP contribution in [-0.4, -0.2) is 56.1 Å². The average Bonchev–Trinajstić information content (AvgIpc) is 3.81. The number of amides is 1. The van der Waals surface area contributed by atoms with Crippen LogP contribution in [0.15, 0.2) is 60.2 Å². The summed E-state index contributed by atoms with van der Waals surface area (Å²) in [6.45, 7) is 7.79. The third-order valence-corrected chi connectivity index (χ3v) is 6.09. The molecule has 174 valence electrons. The van der Waals surface area contributed by atoms with Crippen molar-refractivity contribution >= 4 is 23.6 Å². The van der Waals surface area contributed by atoms with Gasteiger partial charge in [-0.25, -0.2) is 9.67 Å². The van der Waals surface area contributed by atoms with Crippen molar-refractivity contribution in [2.24, 2.45) is 4.99 Å². The molecule has 1 aromatic carbocycles. The minimum Gasteiger partial charge on any atom is -0.362 e. The second kappa shape index (κ2) is 9.59. The van der Waals surface area contributed by atoms with E-state index in [-0.39, 0.29) is 5.91 Å². The fourth-order valence-corrected chi connectivity index (χ4v) is 3.90. The van der Waals surface area contributed by atoms with Crippen LogP contribution in [0.25, 0.3) is 11.4 Å². The van der Waals surface area contributed by atoms with E-state index < -0.39 is 0 Å². The third kappa shape index (κ3) is 5.06. The molecule has 2 aliphatic carbocycles. The molecule has 3 aromatic rings. The van der Waals surface area contributed by atoms with Crippen molar-refractivity contribution in [1.29, 1.82) is 0 Å². The quantitative estimate of drug-likeness (QED) is 0.460. The van der Waals surface area contributed by atoms with Crippen LogP contribution in [0.5, 0.6) is 0 Å². The number of rotatable bonds is 10. The van der Waals surface area contributed by atoms with Gasteiger partial charge >= 0.3 is 0 Å². The number of pyridine rings is 1. The molecule has 5 rings (SSSR count). The Labute approximate surface area is 199 Å². The minimum atomic E-state index is -0.228. The van der Waals surface area contributed by atoms with Gasteiger partial charge in [0.2, 0.25) is 0 Å². The first kappa shape index (κ1) is 22.0. The highest BCUT2D eigenvalue weighted by atomic mass is 16.1. The zero-order chi connectivity index (χ0) is 23.5. The third-order valence-electron chi connectivity index (χ3n) is 6.09. The van der Waals surface area contributed by atoms with Crippen molar-refractivity contribution in [2.45, 2.75) is 44.6 Å². The predicted octanol–water partition coefficient (Wildman–Crippen LogP) is 4.32. The van der Waals surface area contributed by atoms with Crippen LogP contribution in [0.2, 0.25) is 0 Å². The van der Waals surface area contributed by atoms with Gasteiger partial charge in [-0.3, -0.25) is 9.79 Å². The van der Waals surface area contributed by atoms with Crippen LogP contribution >= 0.6 is 0 Å². The summed E-state index contributed by atoms with van der Waals surface area (Å²) >= 11 is 0. The number of nitrogens with zero attached hydrogens (tertiary/aromatic N) is 6. The summed E-state index contributed by atoms with van der Waals surface area (Å²) in [6.07, 6.45) is 8.53. The molecule has 2 heterocycles. The average molecular weight is 456 g/mol. The zero-order valence-corrected chi connectivity index (χ0v) is 19.4. The first-order valence-electron chi connectivity index (χ1n) is 11.9. The molecule has 2 aliphatic rings. The van der Waals surface area contributed by atoms with Crippen molar-refractivity contribution in [3.63, 3.8) is 0 Å². The van der Waals surface area contributed by atoms with Crippen molar-refractivity contribution in [3.8, 4) is 5.69 Å². The van der Waals surface area contributed by atoms with E-state index in [1.54, 1.807) is 16.8 Å². The molecule has 2 saturated carbocycles. The Morgan fingerprint density at radius 1 is 1.24 bits per heavy atom. The lowest BCUT2D eigenvalue weighted by Crippen LogP contribution is -2.26. The Hall–Kier alpha value is -3.81. The lowest BCUT2D eigenvalue weighted by Gasteiger charge is -2.24. The highest BCUT2D eigenvalue weighted by Crippen LogP contribution is 2.38. The number of benzene rings is 1. The van der Waals surface area contributed by atoms with Gasteiger partial charge in [-0.1, -0.05) is 23.9 Å². The number of carbonyl (C=O) groups excluding carboxylic acids is 1. The van der Waals surface area contributed by atoms with E-state index in [4.69, 9.17) is 0 Å². The van der Waals surface area contributed by atoms with Gasteiger partial charge in [0.05, 0.1) is 35.5 Å². The molecule has 8 heteroatoms. The molecule has 0 unspecified atom stereocenters. The number of anilines is 1. The molecule has 1 N–H and O–H groups in total. The Kier molecular flexibility index (Phi) is 6.20. The molecular formula is C26H29N7O. The van der Waals surface area contributed by atoms with Crippen LogP contribution in [0.4, 0.5) is 5.82 Å². The van der Waals surface area contributed by atoms with Gasteiger partial charge in [0, 0.05) is 30.3 Å². The molecule has 8 nitrogen and oxygen atoms in total. The maximum absolute atomic E-state index is 13.0. The van der Waals surface area contributed by atoms with Crippen molar-refractivity contribution in [1.82, 2.24) is 24.9 Å². The van der Waals surface area contributed by atoms with E-state index in [1.807, 2.05) is 49.7 Å². The smallest absolute Gasteiger partial charge is 0.256 e. The van der Waals surface area contributed by atoms with Gasteiger partial charge in [0.1, 0.15) is 5.82 Å². The SMILES string of the molecule is C=C(c1cccc(NC(=O)c2cccc(-n3cc(C4CC4)nn3)c2)n1)N(C/C=N\CC)C1CC1. The van der Waals surface area contributed by atoms with Gasteiger partial charge in [-0.15, -0.1) is 5.10 Å². The van der Waals surface area contributed by atoms with Gasteiger partial charge in [-0.2, -0.15) is 0 Å². The van der Waals surface area contributed by atoms with E-state index in [0.29, 0.717) is 29.9 Å². The van der Waals surface area contributed by atoms with Gasteiger partial charge in [0.25, 0.3) is 5.91 Å². The summed E-state index contributed by atoms with van der Waals surface area (Å²) in [6, 6.07) is 13.4. The van der Waals surface area contributed by atoms with Crippen LogP contribution in [0.1, 0.15) is 60.3 Å². The summed E-state index contributed by atoms with van der Waals surface area (Å²) in [7, 11) is 0. The number of hydrogen-bond donors (Lipinski definition) is 1. The van der Waals surface area contributed by atoms with E-state index in [1.165, 1.54) is 12.8 Å². The molecular weight excluding hydrogens is 426 g/mol. The monoisotopic (exact) mass is 455 g/mol. The van der Waals surface area contributed by atoms with Gasteiger partial charge in [-0.05, 0) is 62.9 Å². The number of carbonyl (C=O) groups is 1. The fraction of sp³-hybridized carbons (Fsp3) is 0.346. The summed E-state index contributed by atoms with van der Waals surface area (Å²) in [5, 5.41) is 11.4. The van der Waals surface area contributed by atoms with Crippen LogP contribution in [-0.2, 0) is 0 Å². The Morgan fingerprint density at radius 2 is 2.06 bits per heavy atom. The lowest BCUT2D eigenvalue weighted by atomic mass is 10.2. The Bertz CT molecular complexity index is 1220. The minimum absolute atomic E-state index is 0.228. The maximum Gasteiger partial charge on any atom is 0.256 e. The molecule has 0 bridgehead atoms. The standard InChI is InChI=1S/C26H29N7O/c1-3-27-14-15-32(21-12-13-21)18(2)23-8-5-9-25(28-23)29-26(34)20-6-4-7-22(16-20)33-17-24(30-31-33)19-10-11-19/h4-9,14,16-17,19,21H,2-3,10-13,15H2,1H3,(H,28,29,34)/b27-14-. The zero-order valence-electron chi connectivity index (χ0n) is 19.4. The van der Waals surface area contributed by atoms with Gasteiger partial charge < -0.3 is 10.2 Å². The highest BCUT2D eigenvalue weighted by molar-refractivity contribution is 6.04. The van der Waals surface area contributed by atoms with E-state index >= 15 is 0 Å². The van der Waals surface area contributed by atoms with Crippen molar-refractivity contribution in [3.05, 3.63) is 72.2 Å². The largest absolute Gasteiger partial charge is 0.362 e. The summed E-state index contributed by atoms with van der Waals surface area (Å²) in [5.74, 6) is 0.792. The van der Waals surface area contributed by atoms with E-state index in [2.05, 4.69) is 37.1 Å². The second-order valence-electron chi connectivity index (χ2n) is 8.79. The predicted molar refractivity (Wildman–Crippen MR) is 133 cm³/mol. The number of aromatic nitrogens is 4. The molecule has 1 amide bonds. The highest BCUT2D eigenvalue weighted by Gasteiger charge is 2.30. The number of nitrogens with one attached hydrogen (secondary N) is 1. The molecule has 0 aliphatic heterocycles. The summed E-state index contributed by atoms with van der Waals surface area (Å²) < 4.78 is 1.72. The molecule has 0 spiro atoms. The molecule has 0 saturated heterocycles. The van der Waals surface area contributed by atoms with E-state index in [0.717, 1.165) is 42.2 Å². The molecule has 34 heavy (non-hydrogen) atoms. The van der Waals surface area contributed by atoms with Crippen LogP contribution in [0, 0.1) is 0 Å². The second-order valence-corrected chi connectivity index (χ2v) is 8.79. The van der Waals surface area contributed by atoms with Crippen LogP contribution < -0.4 is 5.32 Å². The first-order chi connectivity index (χ1) is 16.6. The molecule has 0 radical (unpaired) electrons. The molecule has 0 atom stereocenters. The molecule has 2 aromatic heterocycles. The maximum atomic E-state index is 13.0. The summed E-state index contributed by atoms with van der Waals surface area (Å²) in [5.41, 5.74) is 3.94. The Morgan fingerprint density at radius 3 is 2.82 bits per heavy atom. The van der Waals surface area contributed by atoms with Crippen molar-refractivity contribution < 1.29 is 4.79 Å². The topological polar surface area (TPSA) is 88.3 Å².